The van der Waals surface area contributed by atoms with Gasteiger partial charge in [0.05, 0.1) is 21.2 Å². The zero-order valence-electron chi connectivity index (χ0n) is 14.4. The number of benzene rings is 2. The first-order valence-electron chi connectivity index (χ1n) is 7.59. The van der Waals surface area contributed by atoms with E-state index in [-0.39, 0.29) is 9.79 Å². The number of hydrogen-bond acceptors (Lipinski definition) is 7. The molecule has 0 bridgehead atoms. The molecule has 10 nitrogen and oxygen atoms in total. The van der Waals surface area contributed by atoms with Gasteiger partial charge in [0.25, 0.3) is 10.0 Å². The number of nitrogens with one attached hydrogen (secondary N) is 1. The number of aromatic nitrogens is 4. The van der Waals surface area contributed by atoms with Gasteiger partial charge in [0.1, 0.15) is 0 Å². The summed E-state index contributed by atoms with van der Waals surface area (Å²) in [5.41, 5.74) is 1.79. The topological polar surface area (TPSA) is 150 Å². The molecule has 27 heavy (non-hydrogen) atoms. The summed E-state index contributed by atoms with van der Waals surface area (Å²) in [6.07, 6.45) is 0. The molecule has 3 N–H and O–H groups in total. The third-order valence-electron chi connectivity index (χ3n) is 3.78. The SMILES string of the molecule is Cc1ccc(NS(=O)(=O)c2ccc(S(N)(=O)=O)cc2)cc1-n1nnnc1C. The molecule has 142 valence electrons. The van der Waals surface area contributed by atoms with E-state index in [1.165, 1.54) is 16.8 Å². The lowest BCUT2D eigenvalue weighted by Crippen LogP contribution is -2.15. The number of anilines is 1. The van der Waals surface area contributed by atoms with E-state index in [2.05, 4.69) is 20.2 Å². The van der Waals surface area contributed by atoms with Crippen LogP contribution in [0.1, 0.15) is 11.4 Å². The predicted molar refractivity (Wildman–Crippen MR) is 97.3 cm³/mol. The van der Waals surface area contributed by atoms with Gasteiger partial charge >= 0.3 is 0 Å². The third-order valence-corrected chi connectivity index (χ3v) is 6.10. The Kier molecular flexibility index (Phi) is 4.71. The Bertz CT molecular complexity index is 1200. The lowest BCUT2D eigenvalue weighted by Gasteiger charge is -2.12. The van der Waals surface area contributed by atoms with E-state index in [4.69, 9.17) is 5.14 Å². The fraction of sp³-hybridized carbons (Fsp3) is 0.133. The minimum Gasteiger partial charge on any atom is -0.280 e. The maximum Gasteiger partial charge on any atom is 0.261 e. The van der Waals surface area contributed by atoms with Crippen LogP contribution in [0, 0.1) is 13.8 Å². The zero-order chi connectivity index (χ0) is 19.8. The van der Waals surface area contributed by atoms with Crippen molar-refractivity contribution in [3.8, 4) is 5.69 Å². The number of nitrogens with two attached hydrogens (primary N) is 1. The third kappa shape index (κ3) is 3.97. The van der Waals surface area contributed by atoms with E-state index in [0.29, 0.717) is 17.2 Å². The monoisotopic (exact) mass is 408 g/mol. The van der Waals surface area contributed by atoms with Gasteiger partial charge in [-0.2, -0.15) is 4.68 Å². The van der Waals surface area contributed by atoms with Crippen molar-refractivity contribution in [2.45, 2.75) is 23.6 Å². The summed E-state index contributed by atoms with van der Waals surface area (Å²) in [7, 11) is -7.83. The molecule has 0 atom stereocenters. The largest absolute Gasteiger partial charge is 0.280 e. The van der Waals surface area contributed by atoms with Gasteiger partial charge in [0, 0.05) is 0 Å². The zero-order valence-corrected chi connectivity index (χ0v) is 16.0. The van der Waals surface area contributed by atoms with Gasteiger partial charge in [-0.25, -0.2) is 22.0 Å². The van der Waals surface area contributed by atoms with Crippen molar-refractivity contribution in [1.29, 1.82) is 0 Å². The van der Waals surface area contributed by atoms with Crippen LogP contribution in [0.2, 0.25) is 0 Å². The Morgan fingerprint density at radius 1 is 0.963 bits per heavy atom. The van der Waals surface area contributed by atoms with Crippen LogP contribution in [-0.2, 0) is 20.0 Å². The van der Waals surface area contributed by atoms with Crippen molar-refractivity contribution in [3.63, 3.8) is 0 Å². The van der Waals surface area contributed by atoms with Crippen molar-refractivity contribution in [2.75, 3.05) is 4.72 Å². The van der Waals surface area contributed by atoms with Crippen molar-refractivity contribution < 1.29 is 16.8 Å². The van der Waals surface area contributed by atoms with Gasteiger partial charge in [-0.05, 0) is 66.2 Å². The highest BCUT2D eigenvalue weighted by Gasteiger charge is 2.17. The molecule has 0 radical (unpaired) electrons. The number of nitrogens with zero attached hydrogens (tertiary/aromatic N) is 4. The second kappa shape index (κ2) is 6.72. The molecule has 12 heteroatoms. The molecule has 1 aromatic heterocycles. The number of primary sulfonamides is 1. The maximum absolute atomic E-state index is 12.6. The van der Waals surface area contributed by atoms with E-state index in [0.717, 1.165) is 17.7 Å². The summed E-state index contributed by atoms with van der Waals surface area (Å²) in [6, 6.07) is 9.55. The lowest BCUT2D eigenvalue weighted by atomic mass is 10.2. The van der Waals surface area contributed by atoms with Crippen LogP contribution in [0.4, 0.5) is 5.69 Å². The van der Waals surface area contributed by atoms with E-state index < -0.39 is 20.0 Å². The molecule has 3 rings (SSSR count). The van der Waals surface area contributed by atoms with Crippen LogP contribution in [0.25, 0.3) is 5.69 Å². The molecule has 3 aromatic rings. The molecule has 0 saturated carbocycles. The lowest BCUT2D eigenvalue weighted by molar-refractivity contribution is 0.595. The summed E-state index contributed by atoms with van der Waals surface area (Å²) in [4.78, 5) is -0.274. The molecule has 2 aromatic carbocycles. The summed E-state index contributed by atoms with van der Waals surface area (Å²) in [5.74, 6) is 0.552. The Labute approximate surface area is 156 Å². The van der Waals surface area contributed by atoms with Crippen LogP contribution in [0.15, 0.2) is 52.3 Å². The molecule has 0 spiro atoms. The molecule has 0 aliphatic rings. The van der Waals surface area contributed by atoms with Crippen molar-refractivity contribution in [3.05, 3.63) is 53.9 Å². The summed E-state index contributed by atoms with van der Waals surface area (Å²) < 4.78 is 51.7. The number of tetrazole rings is 1. The minimum atomic E-state index is -3.93. The molecule has 0 amide bonds. The quantitative estimate of drug-likeness (QED) is 0.631. The molecule has 0 aliphatic carbocycles. The van der Waals surface area contributed by atoms with Gasteiger partial charge in [0.15, 0.2) is 5.82 Å². The highest BCUT2D eigenvalue weighted by Crippen LogP contribution is 2.22. The molecule has 0 saturated heterocycles. The van der Waals surface area contributed by atoms with Gasteiger partial charge in [-0.3, -0.25) is 4.72 Å². The van der Waals surface area contributed by atoms with Gasteiger partial charge in [0.2, 0.25) is 10.0 Å². The second-order valence-corrected chi connectivity index (χ2v) is 9.00. The Morgan fingerprint density at radius 3 is 2.15 bits per heavy atom. The summed E-state index contributed by atoms with van der Waals surface area (Å²) >= 11 is 0. The minimum absolute atomic E-state index is 0.101. The fourth-order valence-electron chi connectivity index (χ4n) is 2.38. The normalized spacial score (nSPS) is 12.1. The average molecular weight is 408 g/mol. The van der Waals surface area contributed by atoms with E-state index in [1.54, 1.807) is 25.1 Å². The highest BCUT2D eigenvalue weighted by atomic mass is 32.2. The van der Waals surface area contributed by atoms with Crippen molar-refractivity contribution in [1.82, 2.24) is 20.2 Å². The van der Waals surface area contributed by atoms with Gasteiger partial charge in [-0.15, -0.1) is 5.10 Å². The van der Waals surface area contributed by atoms with Crippen LogP contribution in [0.5, 0.6) is 0 Å². The van der Waals surface area contributed by atoms with Crippen LogP contribution in [0.3, 0.4) is 0 Å². The van der Waals surface area contributed by atoms with E-state index in [9.17, 15) is 16.8 Å². The first-order chi connectivity index (χ1) is 12.6. The number of sulfonamides is 2. The fourth-order valence-corrected chi connectivity index (χ4v) is 3.94. The average Bonchev–Trinajstić information content (AvgIpc) is 3.01. The predicted octanol–water partition coefficient (Wildman–Crippen LogP) is 0.727. The Balaban J connectivity index is 1.94. The van der Waals surface area contributed by atoms with Crippen LogP contribution < -0.4 is 9.86 Å². The van der Waals surface area contributed by atoms with E-state index >= 15 is 0 Å². The van der Waals surface area contributed by atoms with Crippen LogP contribution in [-0.4, -0.2) is 37.0 Å². The molecule has 0 unspecified atom stereocenters. The number of rotatable bonds is 5. The Hall–Kier alpha value is -2.83. The molecular formula is C15H16N6O4S2. The Morgan fingerprint density at radius 2 is 1.59 bits per heavy atom. The second-order valence-electron chi connectivity index (χ2n) is 5.76. The first kappa shape index (κ1) is 18.9. The molecular weight excluding hydrogens is 392 g/mol. The maximum atomic E-state index is 12.6. The standard InChI is InChI=1S/C15H16N6O4S2/c1-10-3-4-12(9-15(10)21-11(2)17-19-20-21)18-27(24,25)14-7-5-13(6-8-14)26(16,22)23/h3-9,18H,1-2H3,(H2,16,22,23). The summed E-state index contributed by atoms with van der Waals surface area (Å²) in [5, 5.41) is 16.3. The molecule has 0 fully saturated rings. The molecule has 0 aliphatic heterocycles. The van der Waals surface area contributed by atoms with Crippen molar-refractivity contribution >= 4 is 25.7 Å². The van der Waals surface area contributed by atoms with Gasteiger partial charge < -0.3 is 0 Å². The van der Waals surface area contributed by atoms with Crippen molar-refractivity contribution in [2.24, 2.45) is 5.14 Å². The number of aryl methyl sites for hydroxylation is 2. The first-order valence-corrected chi connectivity index (χ1v) is 10.6. The summed E-state index contributed by atoms with van der Waals surface area (Å²) in [6.45, 7) is 3.57. The molecule has 1 heterocycles. The smallest absolute Gasteiger partial charge is 0.261 e. The highest BCUT2D eigenvalue weighted by molar-refractivity contribution is 7.92. The number of hydrogen-bond donors (Lipinski definition) is 2. The van der Waals surface area contributed by atoms with Gasteiger partial charge in [-0.1, -0.05) is 6.07 Å². The van der Waals surface area contributed by atoms with Crippen LogP contribution >= 0.6 is 0 Å². The van der Waals surface area contributed by atoms with E-state index in [1.807, 2.05) is 6.92 Å².